The van der Waals surface area contributed by atoms with Crippen molar-refractivity contribution in [1.82, 2.24) is 0 Å². The quantitative estimate of drug-likeness (QED) is 0.878. The van der Waals surface area contributed by atoms with Crippen LogP contribution in [0.3, 0.4) is 0 Å². The molecule has 86 valence electrons. The Bertz CT molecular complexity index is 358. The van der Waals surface area contributed by atoms with E-state index < -0.39 is 0 Å². The Labute approximate surface area is 105 Å². The molecule has 1 amide bonds. The standard InChI is InChI=1S/C12H15NOS2/c1-9-2-4-10(5-3-9)13-12(14)11-8-15-6-7-16-11/h2-5,11H,6-8H2,1H3,(H,13,14). The van der Waals surface area contributed by atoms with Crippen molar-refractivity contribution in [1.29, 1.82) is 0 Å². The molecule has 1 atom stereocenters. The molecule has 1 aromatic carbocycles. The average molecular weight is 253 g/mol. The van der Waals surface area contributed by atoms with Crippen molar-refractivity contribution in [3.8, 4) is 0 Å². The zero-order valence-electron chi connectivity index (χ0n) is 9.23. The number of rotatable bonds is 2. The summed E-state index contributed by atoms with van der Waals surface area (Å²) in [6.45, 7) is 2.04. The molecule has 1 aromatic rings. The predicted molar refractivity (Wildman–Crippen MR) is 73.4 cm³/mol. The van der Waals surface area contributed by atoms with Gasteiger partial charge in [-0.25, -0.2) is 0 Å². The SMILES string of the molecule is Cc1ccc(NC(=O)C2CSCCS2)cc1. The molecule has 1 heterocycles. The molecule has 1 fully saturated rings. The van der Waals surface area contributed by atoms with Gasteiger partial charge < -0.3 is 5.32 Å². The maximum absolute atomic E-state index is 11.9. The summed E-state index contributed by atoms with van der Waals surface area (Å²) in [6.07, 6.45) is 0. The van der Waals surface area contributed by atoms with Crippen LogP contribution in [-0.4, -0.2) is 28.4 Å². The first kappa shape index (κ1) is 11.9. The molecular weight excluding hydrogens is 238 g/mol. The number of thioether (sulfide) groups is 2. The first-order chi connectivity index (χ1) is 7.75. The van der Waals surface area contributed by atoms with E-state index in [4.69, 9.17) is 0 Å². The molecule has 0 spiro atoms. The predicted octanol–water partition coefficient (Wildman–Crippen LogP) is 2.78. The van der Waals surface area contributed by atoms with E-state index in [0.717, 1.165) is 17.2 Å². The molecule has 1 aliphatic rings. The van der Waals surface area contributed by atoms with Crippen molar-refractivity contribution >= 4 is 35.1 Å². The molecule has 0 aliphatic carbocycles. The number of hydrogen-bond acceptors (Lipinski definition) is 3. The highest BCUT2D eigenvalue weighted by molar-refractivity contribution is 8.07. The molecule has 1 unspecified atom stereocenters. The van der Waals surface area contributed by atoms with Crippen LogP contribution < -0.4 is 5.32 Å². The van der Waals surface area contributed by atoms with Gasteiger partial charge in [-0.2, -0.15) is 11.8 Å². The van der Waals surface area contributed by atoms with Gasteiger partial charge in [0.1, 0.15) is 0 Å². The Balaban J connectivity index is 1.93. The molecule has 0 bridgehead atoms. The number of benzene rings is 1. The van der Waals surface area contributed by atoms with Crippen molar-refractivity contribution < 1.29 is 4.79 Å². The van der Waals surface area contributed by atoms with Crippen LogP contribution in [0.5, 0.6) is 0 Å². The zero-order chi connectivity index (χ0) is 11.4. The van der Waals surface area contributed by atoms with E-state index in [1.807, 2.05) is 43.0 Å². The largest absolute Gasteiger partial charge is 0.325 e. The summed E-state index contributed by atoms with van der Waals surface area (Å²) in [7, 11) is 0. The van der Waals surface area contributed by atoms with Crippen LogP contribution in [0.15, 0.2) is 24.3 Å². The minimum atomic E-state index is 0.111. The van der Waals surface area contributed by atoms with Gasteiger partial charge in [0.05, 0.1) is 5.25 Å². The minimum Gasteiger partial charge on any atom is -0.325 e. The molecule has 1 saturated heterocycles. The second-order valence-corrected chi connectivity index (χ2v) is 6.25. The summed E-state index contributed by atoms with van der Waals surface area (Å²) in [4.78, 5) is 11.9. The Morgan fingerprint density at radius 2 is 2.06 bits per heavy atom. The van der Waals surface area contributed by atoms with Gasteiger partial charge in [-0.05, 0) is 19.1 Å². The molecule has 2 nitrogen and oxygen atoms in total. The van der Waals surface area contributed by atoms with Crippen LogP contribution in [0.4, 0.5) is 5.69 Å². The second kappa shape index (κ2) is 5.64. The van der Waals surface area contributed by atoms with E-state index in [9.17, 15) is 4.79 Å². The molecule has 1 N–H and O–H groups in total. The van der Waals surface area contributed by atoms with Gasteiger partial charge in [-0.15, -0.1) is 11.8 Å². The highest BCUT2D eigenvalue weighted by atomic mass is 32.2. The van der Waals surface area contributed by atoms with Crippen LogP contribution in [0, 0.1) is 6.92 Å². The highest BCUT2D eigenvalue weighted by Gasteiger charge is 2.21. The molecule has 16 heavy (non-hydrogen) atoms. The van der Waals surface area contributed by atoms with Gasteiger partial charge in [-0.1, -0.05) is 17.7 Å². The second-order valence-electron chi connectivity index (χ2n) is 3.79. The van der Waals surface area contributed by atoms with Gasteiger partial charge >= 0.3 is 0 Å². The van der Waals surface area contributed by atoms with Crippen LogP contribution in [0.25, 0.3) is 0 Å². The number of amides is 1. The van der Waals surface area contributed by atoms with E-state index in [0.29, 0.717) is 0 Å². The summed E-state index contributed by atoms with van der Waals surface area (Å²) in [5.41, 5.74) is 2.10. The van der Waals surface area contributed by atoms with Gasteiger partial charge in [0, 0.05) is 22.9 Å². The van der Waals surface area contributed by atoms with Crippen LogP contribution >= 0.6 is 23.5 Å². The first-order valence-electron chi connectivity index (χ1n) is 5.32. The Hall–Kier alpha value is -0.610. The van der Waals surface area contributed by atoms with E-state index in [1.165, 1.54) is 11.3 Å². The van der Waals surface area contributed by atoms with Crippen molar-refractivity contribution in [3.05, 3.63) is 29.8 Å². The first-order valence-corrected chi connectivity index (χ1v) is 7.53. The fourth-order valence-electron chi connectivity index (χ4n) is 1.50. The van der Waals surface area contributed by atoms with Crippen molar-refractivity contribution in [2.45, 2.75) is 12.2 Å². The van der Waals surface area contributed by atoms with Crippen LogP contribution in [0.1, 0.15) is 5.56 Å². The smallest absolute Gasteiger partial charge is 0.238 e. The number of hydrogen-bond donors (Lipinski definition) is 1. The van der Waals surface area contributed by atoms with E-state index in [2.05, 4.69) is 5.32 Å². The Morgan fingerprint density at radius 3 is 2.69 bits per heavy atom. The lowest BCUT2D eigenvalue weighted by atomic mass is 10.2. The zero-order valence-corrected chi connectivity index (χ0v) is 10.9. The number of aryl methyl sites for hydroxylation is 1. The lowest BCUT2D eigenvalue weighted by Crippen LogP contribution is -2.30. The number of carbonyl (C=O) groups is 1. The third-order valence-electron chi connectivity index (χ3n) is 2.43. The average Bonchev–Trinajstić information content (AvgIpc) is 2.33. The molecule has 0 saturated carbocycles. The van der Waals surface area contributed by atoms with Crippen LogP contribution in [0.2, 0.25) is 0 Å². The molecule has 0 radical (unpaired) electrons. The lowest BCUT2D eigenvalue weighted by Gasteiger charge is -2.20. The summed E-state index contributed by atoms with van der Waals surface area (Å²) in [5.74, 6) is 3.32. The van der Waals surface area contributed by atoms with Crippen molar-refractivity contribution in [2.75, 3.05) is 22.6 Å². The molecule has 0 aromatic heterocycles. The maximum Gasteiger partial charge on any atom is 0.238 e. The normalized spacial score (nSPS) is 20.4. The van der Waals surface area contributed by atoms with E-state index in [1.54, 1.807) is 11.8 Å². The highest BCUT2D eigenvalue weighted by Crippen LogP contribution is 2.25. The van der Waals surface area contributed by atoms with Crippen molar-refractivity contribution in [2.24, 2.45) is 0 Å². The fourth-order valence-corrected chi connectivity index (χ4v) is 4.06. The Morgan fingerprint density at radius 1 is 1.31 bits per heavy atom. The van der Waals surface area contributed by atoms with Gasteiger partial charge in [0.2, 0.25) is 5.91 Å². The third kappa shape index (κ3) is 3.19. The molecule has 4 heteroatoms. The van der Waals surface area contributed by atoms with E-state index in [-0.39, 0.29) is 11.2 Å². The molecule has 1 aliphatic heterocycles. The number of anilines is 1. The minimum absolute atomic E-state index is 0.111. The van der Waals surface area contributed by atoms with Gasteiger partial charge in [0.25, 0.3) is 0 Å². The summed E-state index contributed by atoms with van der Waals surface area (Å²) in [6, 6.07) is 7.93. The third-order valence-corrected chi connectivity index (χ3v) is 5.18. The topological polar surface area (TPSA) is 29.1 Å². The van der Waals surface area contributed by atoms with E-state index >= 15 is 0 Å². The number of carbonyl (C=O) groups excluding carboxylic acids is 1. The number of nitrogens with one attached hydrogen (secondary N) is 1. The summed E-state index contributed by atoms with van der Waals surface area (Å²) < 4.78 is 0. The maximum atomic E-state index is 11.9. The van der Waals surface area contributed by atoms with Gasteiger partial charge in [-0.3, -0.25) is 4.79 Å². The summed E-state index contributed by atoms with van der Waals surface area (Å²) >= 11 is 3.62. The Kier molecular flexibility index (Phi) is 4.18. The van der Waals surface area contributed by atoms with Gasteiger partial charge in [0.15, 0.2) is 0 Å². The fraction of sp³-hybridized carbons (Fsp3) is 0.417. The van der Waals surface area contributed by atoms with Crippen molar-refractivity contribution in [3.63, 3.8) is 0 Å². The molecule has 2 rings (SSSR count). The van der Waals surface area contributed by atoms with Crippen LogP contribution in [-0.2, 0) is 4.79 Å². The lowest BCUT2D eigenvalue weighted by molar-refractivity contribution is -0.115. The molecular formula is C12H15NOS2. The summed E-state index contributed by atoms with van der Waals surface area (Å²) in [5, 5.41) is 3.08. The monoisotopic (exact) mass is 253 g/mol.